The lowest BCUT2D eigenvalue weighted by atomic mass is 10.2. The van der Waals surface area contributed by atoms with Gasteiger partial charge in [0.2, 0.25) is 5.82 Å². The average molecular weight is 378 g/mol. The first kappa shape index (κ1) is 15.3. The van der Waals surface area contributed by atoms with Gasteiger partial charge < -0.3 is 9.26 Å². The van der Waals surface area contributed by atoms with Crippen molar-refractivity contribution in [3.8, 4) is 11.4 Å². The van der Waals surface area contributed by atoms with E-state index >= 15 is 0 Å². The lowest BCUT2D eigenvalue weighted by molar-refractivity contribution is 0.0429. The second-order valence-electron chi connectivity index (χ2n) is 4.49. The maximum atomic E-state index is 12.9. The van der Waals surface area contributed by atoms with Crippen molar-refractivity contribution in [2.24, 2.45) is 0 Å². The van der Waals surface area contributed by atoms with E-state index in [1.165, 1.54) is 30.5 Å². The molecule has 0 saturated heterocycles. The molecule has 3 aromatic rings. The summed E-state index contributed by atoms with van der Waals surface area (Å²) < 4.78 is 23.6. The van der Waals surface area contributed by atoms with Crippen LogP contribution in [0.1, 0.15) is 16.2 Å². The SMILES string of the molecule is O=C(OCc1nc(-c2ccc(F)cc2)no1)c1cncc(Br)c1. The van der Waals surface area contributed by atoms with Gasteiger partial charge >= 0.3 is 5.97 Å². The fourth-order valence-corrected chi connectivity index (χ4v) is 2.13. The number of carbonyl (C=O) groups is 1. The van der Waals surface area contributed by atoms with Crippen molar-refractivity contribution in [2.75, 3.05) is 0 Å². The Kier molecular flexibility index (Phi) is 4.42. The zero-order valence-electron chi connectivity index (χ0n) is 11.6. The quantitative estimate of drug-likeness (QED) is 0.648. The Morgan fingerprint density at radius 2 is 2.04 bits per heavy atom. The van der Waals surface area contributed by atoms with Crippen LogP contribution in [0.5, 0.6) is 0 Å². The van der Waals surface area contributed by atoms with E-state index in [1.807, 2.05) is 0 Å². The van der Waals surface area contributed by atoms with Gasteiger partial charge in [-0.25, -0.2) is 9.18 Å². The van der Waals surface area contributed by atoms with E-state index in [2.05, 4.69) is 31.1 Å². The van der Waals surface area contributed by atoms with Gasteiger partial charge in [-0.1, -0.05) is 5.16 Å². The summed E-state index contributed by atoms with van der Waals surface area (Å²) in [5, 5.41) is 3.76. The van der Waals surface area contributed by atoms with Crippen LogP contribution >= 0.6 is 15.9 Å². The van der Waals surface area contributed by atoms with Gasteiger partial charge in [-0.2, -0.15) is 4.98 Å². The summed E-state index contributed by atoms with van der Waals surface area (Å²) in [4.78, 5) is 19.8. The molecular weight excluding hydrogens is 369 g/mol. The molecule has 1 aromatic carbocycles. The second-order valence-corrected chi connectivity index (χ2v) is 5.40. The molecule has 2 aromatic heterocycles. The van der Waals surface area contributed by atoms with Crippen molar-refractivity contribution >= 4 is 21.9 Å². The topological polar surface area (TPSA) is 78.1 Å². The average Bonchev–Trinajstić information content (AvgIpc) is 3.02. The van der Waals surface area contributed by atoms with Crippen LogP contribution in [0.3, 0.4) is 0 Å². The monoisotopic (exact) mass is 377 g/mol. The highest BCUT2D eigenvalue weighted by Crippen LogP contribution is 2.17. The minimum atomic E-state index is -0.555. The van der Waals surface area contributed by atoms with Crippen LogP contribution in [-0.2, 0) is 11.3 Å². The summed E-state index contributed by atoms with van der Waals surface area (Å²) in [7, 11) is 0. The molecule has 0 amide bonds. The summed E-state index contributed by atoms with van der Waals surface area (Å²) in [6.07, 6.45) is 2.95. The third-order valence-electron chi connectivity index (χ3n) is 2.84. The Morgan fingerprint density at radius 3 is 2.78 bits per heavy atom. The molecule has 2 heterocycles. The highest BCUT2D eigenvalue weighted by atomic mass is 79.9. The molecule has 116 valence electrons. The zero-order valence-corrected chi connectivity index (χ0v) is 13.2. The summed E-state index contributed by atoms with van der Waals surface area (Å²) in [6.45, 7) is -0.167. The second kappa shape index (κ2) is 6.66. The first-order valence-electron chi connectivity index (χ1n) is 6.48. The van der Waals surface area contributed by atoms with Crippen LogP contribution in [0.25, 0.3) is 11.4 Å². The standard InChI is InChI=1S/C15H9BrFN3O3/c16-11-5-10(6-18-7-11)15(21)22-8-13-19-14(20-23-13)9-1-3-12(17)4-2-9/h1-7H,8H2. The van der Waals surface area contributed by atoms with E-state index in [0.29, 0.717) is 21.4 Å². The molecule has 0 spiro atoms. The first-order chi connectivity index (χ1) is 11.1. The van der Waals surface area contributed by atoms with Crippen LogP contribution in [0.4, 0.5) is 4.39 Å². The Hall–Kier alpha value is -2.61. The normalized spacial score (nSPS) is 10.5. The number of benzene rings is 1. The highest BCUT2D eigenvalue weighted by Gasteiger charge is 2.13. The van der Waals surface area contributed by atoms with Gasteiger partial charge in [-0.15, -0.1) is 0 Å². The lowest BCUT2D eigenvalue weighted by Crippen LogP contribution is -2.05. The van der Waals surface area contributed by atoms with E-state index in [0.717, 1.165) is 0 Å². The highest BCUT2D eigenvalue weighted by molar-refractivity contribution is 9.10. The molecule has 8 heteroatoms. The number of rotatable bonds is 4. The Bertz CT molecular complexity index is 836. The molecular formula is C15H9BrFN3O3. The predicted octanol–water partition coefficient (Wildman–Crippen LogP) is 3.39. The zero-order chi connectivity index (χ0) is 16.2. The van der Waals surface area contributed by atoms with Gasteiger partial charge in [0.1, 0.15) is 5.82 Å². The number of nitrogens with zero attached hydrogens (tertiary/aromatic N) is 3. The summed E-state index contributed by atoms with van der Waals surface area (Å²) >= 11 is 3.22. The van der Waals surface area contributed by atoms with E-state index in [-0.39, 0.29) is 18.3 Å². The van der Waals surface area contributed by atoms with E-state index < -0.39 is 5.97 Å². The molecule has 0 aliphatic rings. The van der Waals surface area contributed by atoms with Crippen LogP contribution < -0.4 is 0 Å². The van der Waals surface area contributed by atoms with Gasteiger partial charge in [0.25, 0.3) is 5.89 Å². The van der Waals surface area contributed by atoms with E-state index in [1.54, 1.807) is 12.3 Å². The Balaban J connectivity index is 1.65. The summed E-state index contributed by atoms with van der Waals surface area (Å²) in [5.41, 5.74) is 0.904. The third kappa shape index (κ3) is 3.78. The largest absolute Gasteiger partial charge is 0.452 e. The third-order valence-corrected chi connectivity index (χ3v) is 3.27. The van der Waals surface area contributed by atoms with Gasteiger partial charge in [0, 0.05) is 22.4 Å². The summed E-state index contributed by atoms with van der Waals surface area (Å²) in [6, 6.07) is 7.25. The van der Waals surface area contributed by atoms with Crippen molar-refractivity contribution in [2.45, 2.75) is 6.61 Å². The van der Waals surface area contributed by atoms with Crippen LogP contribution in [-0.4, -0.2) is 21.1 Å². The van der Waals surface area contributed by atoms with Crippen LogP contribution in [0.15, 0.2) is 51.7 Å². The molecule has 6 nitrogen and oxygen atoms in total. The molecule has 0 radical (unpaired) electrons. The van der Waals surface area contributed by atoms with Crippen molar-refractivity contribution in [1.82, 2.24) is 15.1 Å². The van der Waals surface area contributed by atoms with Crippen molar-refractivity contribution in [1.29, 1.82) is 0 Å². The van der Waals surface area contributed by atoms with Gasteiger partial charge in [0.15, 0.2) is 6.61 Å². The molecule has 0 atom stereocenters. The molecule has 23 heavy (non-hydrogen) atoms. The minimum Gasteiger partial charge on any atom is -0.452 e. The van der Waals surface area contributed by atoms with Crippen molar-refractivity contribution in [3.63, 3.8) is 0 Å². The number of ether oxygens (including phenoxy) is 1. The fourth-order valence-electron chi connectivity index (χ4n) is 1.76. The van der Waals surface area contributed by atoms with E-state index in [4.69, 9.17) is 9.26 Å². The number of aromatic nitrogens is 3. The molecule has 0 aliphatic heterocycles. The lowest BCUT2D eigenvalue weighted by Gasteiger charge is -2.01. The first-order valence-corrected chi connectivity index (χ1v) is 7.27. The maximum Gasteiger partial charge on any atom is 0.340 e. The number of pyridine rings is 1. The molecule has 0 bridgehead atoms. The molecule has 0 unspecified atom stereocenters. The van der Waals surface area contributed by atoms with Gasteiger partial charge in [-0.3, -0.25) is 4.98 Å². The smallest absolute Gasteiger partial charge is 0.340 e. The van der Waals surface area contributed by atoms with Crippen molar-refractivity contribution < 1.29 is 18.4 Å². The minimum absolute atomic E-state index is 0.139. The number of esters is 1. The molecule has 0 saturated carbocycles. The van der Waals surface area contributed by atoms with Crippen LogP contribution in [0, 0.1) is 5.82 Å². The predicted molar refractivity (Wildman–Crippen MR) is 80.7 cm³/mol. The number of carbonyl (C=O) groups excluding carboxylic acids is 1. The van der Waals surface area contributed by atoms with Crippen LogP contribution in [0.2, 0.25) is 0 Å². The maximum absolute atomic E-state index is 12.9. The number of hydrogen-bond acceptors (Lipinski definition) is 6. The Labute approximate surface area is 138 Å². The molecule has 0 fully saturated rings. The Morgan fingerprint density at radius 1 is 1.26 bits per heavy atom. The van der Waals surface area contributed by atoms with E-state index in [9.17, 15) is 9.18 Å². The number of halogens is 2. The van der Waals surface area contributed by atoms with Crippen molar-refractivity contribution in [3.05, 3.63) is 64.5 Å². The number of hydrogen-bond donors (Lipinski definition) is 0. The van der Waals surface area contributed by atoms with Gasteiger partial charge in [0.05, 0.1) is 5.56 Å². The van der Waals surface area contributed by atoms with Gasteiger partial charge in [-0.05, 0) is 46.3 Å². The summed E-state index contributed by atoms with van der Waals surface area (Å²) in [5.74, 6) is -0.477. The molecule has 0 aliphatic carbocycles. The molecule has 0 N–H and O–H groups in total. The fraction of sp³-hybridized carbons (Fsp3) is 0.0667. The molecule has 3 rings (SSSR count).